The molecule has 30 heavy (non-hydrogen) atoms. The molecule has 4 aliphatic carbocycles. The van der Waals surface area contributed by atoms with Gasteiger partial charge < -0.3 is 20.1 Å². The quantitative estimate of drug-likeness (QED) is 0.603. The fourth-order valence-corrected chi connectivity index (χ4v) is 8.78. The normalized spacial score (nSPS) is 51.4. The monoisotopic (exact) mass is 422 g/mol. The molecule has 0 bridgehead atoms. The second-order valence-electron chi connectivity index (χ2n) is 11.6. The van der Waals surface area contributed by atoms with Crippen LogP contribution in [0.4, 0.5) is 0 Å². The van der Waals surface area contributed by atoms with E-state index in [-0.39, 0.29) is 41.0 Å². The zero-order chi connectivity index (χ0) is 21.8. The summed E-state index contributed by atoms with van der Waals surface area (Å²) in [4.78, 5) is 11.7. The number of rotatable bonds is 4. The summed E-state index contributed by atoms with van der Waals surface area (Å²) in [5.74, 6) is 1.81. The van der Waals surface area contributed by atoms with Crippen LogP contribution >= 0.6 is 0 Å². The lowest BCUT2D eigenvalue weighted by atomic mass is 9.43. The van der Waals surface area contributed by atoms with Crippen LogP contribution in [-0.2, 0) is 9.53 Å². The molecule has 0 aromatic carbocycles. The Kier molecular flexibility index (Phi) is 6.04. The molecule has 4 rings (SSSR count). The number of methoxy groups -OCH3 is 1. The maximum absolute atomic E-state index is 11.7. The zero-order valence-corrected chi connectivity index (χ0v) is 19.2. The Bertz CT molecular complexity index is 651. The summed E-state index contributed by atoms with van der Waals surface area (Å²) in [5.41, 5.74) is -0.0882. The molecular weight excluding hydrogens is 380 g/mol. The molecule has 0 amide bonds. The number of fused-ring (bicyclic) bond motifs is 5. The Morgan fingerprint density at radius 3 is 2.50 bits per heavy atom. The van der Waals surface area contributed by atoms with Crippen molar-refractivity contribution in [2.75, 3.05) is 7.11 Å². The van der Waals surface area contributed by atoms with E-state index >= 15 is 0 Å². The van der Waals surface area contributed by atoms with Crippen molar-refractivity contribution in [2.24, 2.45) is 46.3 Å². The molecule has 0 saturated heterocycles. The van der Waals surface area contributed by atoms with Gasteiger partial charge in [0, 0.05) is 6.42 Å². The van der Waals surface area contributed by atoms with Gasteiger partial charge >= 0.3 is 5.97 Å². The number of aliphatic hydroxyl groups excluding tert-OH is 3. The third-order valence-corrected chi connectivity index (χ3v) is 10.6. The van der Waals surface area contributed by atoms with Crippen LogP contribution in [0, 0.1) is 46.3 Å². The van der Waals surface area contributed by atoms with Crippen LogP contribution in [0.3, 0.4) is 0 Å². The Hall–Kier alpha value is -0.650. The molecule has 11 atom stereocenters. The lowest BCUT2D eigenvalue weighted by molar-refractivity contribution is -0.207. The Morgan fingerprint density at radius 1 is 1.07 bits per heavy atom. The minimum absolute atomic E-state index is 0.111. The summed E-state index contributed by atoms with van der Waals surface area (Å²) in [5, 5.41) is 33.1. The number of esters is 1. The van der Waals surface area contributed by atoms with Gasteiger partial charge in [0.05, 0.1) is 25.4 Å². The average molecular weight is 423 g/mol. The first kappa shape index (κ1) is 22.5. The smallest absolute Gasteiger partial charge is 0.305 e. The van der Waals surface area contributed by atoms with Gasteiger partial charge in [-0.25, -0.2) is 0 Å². The molecule has 172 valence electrons. The van der Waals surface area contributed by atoms with E-state index in [0.717, 1.165) is 51.4 Å². The summed E-state index contributed by atoms with van der Waals surface area (Å²) in [6, 6.07) is 0. The molecule has 4 saturated carbocycles. The van der Waals surface area contributed by atoms with Gasteiger partial charge in [0.1, 0.15) is 0 Å². The largest absolute Gasteiger partial charge is 0.469 e. The number of hydrogen-bond donors (Lipinski definition) is 3. The summed E-state index contributed by atoms with van der Waals surface area (Å²) in [7, 11) is 1.44. The first-order chi connectivity index (χ1) is 14.1. The van der Waals surface area contributed by atoms with Crippen molar-refractivity contribution >= 4 is 5.97 Å². The molecule has 4 aliphatic rings. The molecule has 0 radical (unpaired) electrons. The molecule has 5 nitrogen and oxygen atoms in total. The van der Waals surface area contributed by atoms with Crippen molar-refractivity contribution in [1.82, 2.24) is 0 Å². The first-order valence-electron chi connectivity index (χ1n) is 12.2. The van der Waals surface area contributed by atoms with Gasteiger partial charge in [-0.2, -0.15) is 0 Å². The van der Waals surface area contributed by atoms with Crippen LogP contribution in [0.2, 0.25) is 0 Å². The minimum atomic E-state index is -0.369. The van der Waals surface area contributed by atoms with E-state index in [1.807, 2.05) is 0 Å². The highest BCUT2D eigenvalue weighted by Crippen LogP contribution is 2.68. The van der Waals surface area contributed by atoms with E-state index in [0.29, 0.717) is 36.0 Å². The standard InChI is InChI=1S/C25H42O5/c1-14(5-8-22(29)30-4)17-6-7-18-23-19(13-21(28)25(17,18)3)24(2)10-9-16(26)11-15(24)12-20(23)27/h14-21,23,26-28H,5-13H2,1-4H3/t14-,15-,16-,17-,18+,19+,20-,21-,23+,24+,25-/m1/s1. The molecule has 0 heterocycles. The van der Waals surface area contributed by atoms with Crippen molar-refractivity contribution in [3.63, 3.8) is 0 Å². The van der Waals surface area contributed by atoms with Gasteiger partial charge in [0.15, 0.2) is 0 Å². The van der Waals surface area contributed by atoms with Crippen LogP contribution in [0.15, 0.2) is 0 Å². The Labute approximate surface area is 181 Å². The SMILES string of the molecule is COC(=O)CC[C@@H](C)[C@H]1CC[C@H]2[C@@H]3[C@H](O)C[C@H]4C[C@H](O)CC[C@]4(C)[C@H]3C[C@@H](O)[C@]12C. The molecule has 0 spiro atoms. The van der Waals surface area contributed by atoms with Crippen molar-refractivity contribution in [2.45, 2.75) is 96.9 Å². The summed E-state index contributed by atoms with van der Waals surface area (Å²) in [6.45, 7) is 6.85. The molecule has 4 fully saturated rings. The summed E-state index contributed by atoms with van der Waals surface area (Å²) >= 11 is 0. The van der Waals surface area contributed by atoms with Crippen LogP contribution < -0.4 is 0 Å². The maximum atomic E-state index is 11.7. The zero-order valence-electron chi connectivity index (χ0n) is 19.2. The fourth-order valence-electron chi connectivity index (χ4n) is 8.78. The number of carbonyl (C=O) groups is 1. The van der Waals surface area contributed by atoms with E-state index in [9.17, 15) is 20.1 Å². The fraction of sp³-hybridized carbons (Fsp3) is 0.960. The predicted molar refractivity (Wildman–Crippen MR) is 114 cm³/mol. The third-order valence-electron chi connectivity index (χ3n) is 10.6. The molecule has 0 aromatic rings. The topological polar surface area (TPSA) is 87.0 Å². The molecular formula is C25H42O5. The van der Waals surface area contributed by atoms with Crippen molar-refractivity contribution in [1.29, 1.82) is 0 Å². The number of hydrogen-bond acceptors (Lipinski definition) is 5. The van der Waals surface area contributed by atoms with Crippen molar-refractivity contribution in [3.05, 3.63) is 0 Å². The van der Waals surface area contributed by atoms with E-state index in [4.69, 9.17) is 4.74 Å². The van der Waals surface area contributed by atoms with Crippen molar-refractivity contribution < 1.29 is 24.9 Å². The molecule has 0 aromatic heterocycles. The highest BCUT2D eigenvalue weighted by atomic mass is 16.5. The maximum Gasteiger partial charge on any atom is 0.305 e. The van der Waals surface area contributed by atoms with Crippen molar-refractivity contribution in [3.8, 4) is 0 Å². The second kappa shape index (κ2) is 8.04. The third kappa shape index (κ3) is 3.34. The number of ether oxygens (including phenoxy) is 1. The number of carbonyl (C=O) groups excluding carboxylic acids is 1. The Balaban J connectivity index is 1.58. The van der Waals surface area contributed by atoms with Crippen LogP contribution in [0.5, 0.6) is 0 Å². The molecule has 5 heteroatoms. The van der Waals surface area contributed by atoms with Crippen LogP contribution in [-0.4, -0.2) is 46.7 Å². The molecule has 0 unspecified atom stereocenters. The number of aliphatic hydroxyl groups is 3. The van der Waals surface area contributed by atoms with E-state index in [1.165, 1.54) is 7.11 Å². The molecule has 3 N–H and O–H groups in total. The van der Waals surface area contributed by atoms with Gasteiger partial charge in [0.25, 0.3) is 0 Å². The predicted octanol–water partition coefficient (Wildman–Crippen LogP) is 3.54. The van der Waals surface area contributed by atoms with Gasteiger partial charge in [0.2, 0.25) is 0 Å². The van der Waals surface area contributed by atoms with Crippen LogP contribution in [0.25, 0.3) is 0 Å². The van der Waals surface area contributed by atoms with Gasteiger partial charge in [-0.3, -0.25) is 4.79 Å². The molecule has 0 aliphatic heterocycles. The van der Waals surface area contributed by atoms with Gasteiger partial charge in [-0.15, -0.1) is 0 Å². The Morgan fingerprint density at radius 2 is 1.80 bits per heavy atom. The summed E-state index contributed by atoms with van der Waals surface area (Å²) < 4.78 is 4.83. The average Bonchev–Trinajstić information content (AvgIpc) is 3.06. The van der Waals surface area contributed by atoms with E-state index < -0.39 is 0 Å². The first-order valence-corrected chi connectivity index (χ1v) is 12.2. The second-order valence-corrected chi connectivity index (χ2v) is 11.6. The highest BCUT2D eigenvalue weighted by molar-refractivity contribution is 5.69. The lowest BCUT2D eigenvalue weighted by Crippen LogP contribution is -2.62. The van der Waals surface area contributed by atoms with Gasteiger partial charge in [-0.1, -0.05) is 20.8 Å². The highest BCUT2D eigenvalue weighted by Gasteiger charge is 2.65. The van der Waals surface area contributed by atoms with Gasteiger partial charge in [-0.05, 0) is 97.7 Å². The minimum Gasteiger partial charge on any atom is -0.469 e. The lowest BCUT2D eigenvalue weighted by Gasteiger charge is -2.63. The van der Waals surface area contributed by atoms with E-state index in [2.05, 4.69) is 20.8 Å². The van der Waals surface area contributed by atoms with Crippen LogP contribution in [0.1, 0.15) is 78.6 Å². The van der Waals surface area contributed by atoms with E-state index in [1.54, 1.807) is 0 Å². The summed E-state index contributed by atoms with van der Waals surface area (Å²) in [6.07, 6.45) is 6.60.